The number of ether oxygens (including phenoxy) is 1. The number of carbonyl (C=O) groups is 2. The van der Waals surface area contributed by atoms with Crippen molar-refractivity contribution in [1.29, 1.82) is 0 Å². The molecule has 0 aliphatic heterocycles. The van der Waals surface area contributed by atoms with E-state index in [0.29, 0.717) is 25.9 Å². The lowest BCUT2D eigenvalue weighted by Crippen LogP contribution is -2.45. The Balaban J connectivity index is 3.46. The minimum absolute atomic E-state index is 0.0165. The molecule has 2 atom stereocenters. The molecule has 0 saturated heterocycles. The van der Waals surface area contributed by atoms with Gasteiger partial charge in [0.15, 0.2) is 0 Å². The van der Waals surface area contributed by atoms with E-state index in [2.05, 4.69) is 43.5 Å². The van der Waals surface area contributed by atoms with Gasteiger partial charge in [0.2, 0.25) is 5.91 Å². The second kappa shape index (κ2) is 59.9. The van der Waals surface area contributed by atoms with Crippen LogP contribution in [0.15, 0.2) is 24.3 Å². The van der Waals surface area contributed by atoms with Crippen LogP contribution < -0.4 is 5.32 Å². The predicted molar refractivity (Wildman–Crippen MR) is 306 cm³/mol. The van der Waals surface area contributed by atoms with Crippen LogP contribution in [0, 0.1) is 0 Å². The van der Waals surface area contributed by atoms with Crippen LogP contribution in [0.1, 0.15) is 348 Å². The molecule has 0 radical (unpaired) electrons. The third kappa shape index (κ3) is 55.7. The van der Waals surface area contributed by atoms with Gasteiger partial charge in [-0.05, 0) is 77.0 Å². The lowest BCUT2D eigenvalue weighted by molar-refractivity contribution is -0.143. The fourth-order valence-electron chi connectivity index (χ4n) is 9.87. The van der Waals surface area contributed by atoms with Crippen molar-refractivity contribution in [2.45, 2.75) is 360 Å². The number of amides is 1. The molecule has 0 aliphatic carbocycles. The summed E-state index contributed by atoms with van der Waals surface area (Å²) in [5.41, 5.74) is 0. The molecule has 0 fully saturated rings. The van der Waals surface area contributed by atoms with Crippen LogP contribution in [0.2, 0.25) is 0 Å². The lowest BCUT2D eigenvalue weighted by atomic mass is 10.0. The van der Waals surface area contributed by atoms with E-state index in [1.165, 1.54) is 244 Å². The minimum Gasteiger partial charge on any atom is -0.466 e. The molecule has 414 valence electrons. The number of esters is 1. The maximum atomic E-state index is 12.5. The highest BCUT2D eigenvalue weighted by atomic mass is 16.5. The topological polar surface area (TPSA) is 95.9 Å². The SMILES string of the molecule is CCCCCCCCC/C=C\CCCCCCCC(=O)OCCCCCC/C=C\CCCCCCCCCC(=O)NC(CO)C(O)CCCCCCCCCCCCCCCCCCCCCCCC. The van der Waals surface area contributed by atoms with Crippen LogP contribution in [-0.2, 0) is 14.3 Å². The average Bonchev–Trinajstić information content (AvgIpc) is 3.36. The van der Waals surface area contributed by atoms with E-state index in [9.17, 15) is 19.8 Å². The summed E-state index contributed by atoms with van der Waals surface area (Å²) in [6.45, 7) is 4.94. The quantitative estimate of drug-likeness (QED) is 0.0321. The Hall–Kier alpha value is -1.66. The summed E-state index contributed by atoms with van der Waals surface area (Å²) in [4.78, 5) is 24.6. The zero-order chi connectivity index (χ0) is 50.7. The molecular weight excluding hydrogens is 863 g/mol. The summed E-state index contributed by atoms with van der Waals surface area (Å²) < 4.78 is 5.47. The van der Waals surface area contributed by atoms with Gasteiger partial charge < -0.3 is 20.3 Å². The molecule has 0 saturated carbocycles. The highest BCUT2D eigenvalue weighted by Crippen LogP contribution is 2.18. The van der Waals surface area contributed by atoms with Crippen molar-refractivity contribution in [2.75, 3.05) is 13.2 Å². The van der Waals surface area contributed by atoms with Crippen molar-refractivity contribution >= 4 is 11.9 Å². The number of allylic oxidation sites excluding steroid dienone is 4. The Kier molecular flexibility index (Phi) is 58.5. The number of rotatable bonds is 59. The van der Waals surface area contributed by atoms with E-state index in [-0.39, 0.29) is 18.5 Å². The zero-order valence-corrected chi connectivity index (χ0v) is 47.3. The van der Waals surface area contributed by atoms with Crippen LogP contribution in [0.25, 0.3) is 0 Å². The lowest BCUT2D eigenvalue weighted by Gasteiger charge is -2.22. The number of carbonyl (C=O) groups excluding carboxylic acids is 2. The van der Waals surface area contributed by atoms with Crippen molar-refractivity contribution in [3.8, 4) is 0 Å². The largest absolute Gasteiger partial charge is 0.466 e. The number of nitrogens with one attached hydrogen (secondary N) is 1. The predicted octanol–water partition coefficient (Wildman–Crippen LogP) is 19.8. The molecule has 6 heteroatoms. The van der Waals surface area contributed by atoms with E-state index in [1.807, 2.05) is 0 Å². The molecule has 0 heterocycles. The molecule has 0 bridgehead atoms. The first-order valence-corrected chi connectivity index (χ1v) is 31.6. The summed E-state index contributed by atoms with van der Waals surface area (Å²) in [5.74, 6) is -0.0636. The summed E-state index contributed by atoms with van der Waals surface area (Å²) in [5, 5.41) is 23.4. The van der Waals surface area contributed by atoms with Crippen molar-refractivity contribution in [2.24, 2.45) is 0 Å². The molecule has 0 aliphatic rings. The Labute approximate surface area is 437 Å². The van der Waals surface area contributed by atoms with Crippen LogP contribution in [0.4, 0.5) is 0 Å². The van der Waals surface area contributed by atoms with Crippen molar-refractivity contribution in [1.82, 2.24) is 5.32 Å². The third-order valence-electron chi connectivity index (χ3n) is 14.7. The highest BCUT2D eigenvalue weighted by molar-refractivity contribution is 5.76. The first kappa shape index (κ1) is 68.3. The Bertz CT molecular complexity index is 1090. The second-order valence-electron chi connectivity index (χ2n) is 21.7. The van der Waals surface area contributed by atoms with Gasteiger partial charge in [-0.2, -0.15) is 0 Å². The summed E-state index contributed by atoms with van der Waals surface area (Å²) in [6.07, 6.45) is 73.3. The first-order chi connectivity index (χ1) is 34.5. The summed E-state index contributed by atoms with van der Waals surface area (Å²) in [7, 11) is 0. The van der Waals surface area contributed by atoms with E-state index in [0.717, 1.165) is 70.6 Å². The molecule has 1 amide bonds. The van der Waals surface area contributed by atoms with Gasteiger partial charge in [0.25, 0.3) is 0 Å². The van der Waals surface area contributed by atoms with Gasteiger partial charge in [-0.25, -0.2) is 0 Å². The number of aliphatic hydroxyl groups excluding tert-OH is 2. The minimum atomic E-state index is -0.676. The maximum absolute atomic E-state index is 12.5. The number of hydrogen-bond donors (Lipinski definition) is 3. The number of aliphatic hydroxyl groups is 2. The van der Waals surface area contributed by atoms with Crippen LogP contribution >= 0.6 is 0 Å². The zero-order valence-electron chi connectivity index (χ0n) is 47.3. The van der Waals surface area contributed by atoms with E-state index in [1.54, 1.807) is 0 Å². The highest BCUT2D eigenvalue weighted by Gasteiger charge is 2.20. The molecule has 0 spiro atoms. The molecule has 0 rings (SSSR count). The maximum Gasteiger partial charge on any atom is 0.305 e. The van der Waals surface area contributed by atoms with Gasteiger partial charge in [-0.3, -0.25) is 9.59 Å². The smallest absolute Gasteiger partial charge is 0.305 e. The fourth-order valence-corrected chi connectivity index (χ4v) is 9.87. The van der Waals surface area contributed by atoms with Crippen LogP contribution in [-0.4, -0.2) is 47.4 Å². The fraction of sp³-hybridized carbons (Fsp3) is 0.906. The molecule has 0 aromatic carbocycles. The van der Waals surface area contributed by atoms with Crippen molar-refractivity contribution in [3.05, 3.63) is 24.3 Å². The van der Waals surface area contributed by atoms with Crippen LogP contribution in [0.3, 0.4) is 0 Å². The number of hydrogen-bond acceptors (Lipinski definition) is 5. The molecule has 2 unspecified atom stereocenters. The van der Waals surface area contributed by atoms with Gasteiger partial charge in [-0.1, -0.05) is 282 Å². The van der Waals surface area contributed by atoms with Gasteiger partial charge in [0.1, 0.15) is 0 Å². The van der Waals surface area contributed by atoms with Gasteiger partial charge in [-0.15, -0.1) is 0 Å². The van der Waals surface area contributed by atoms with Gasteiger partial charge in [0, 0.05) is 12.8 Å². The third-order valence-corrected chi connectivity index (χ3v) is 14.7. The Morgan fingerprint density at radius 3 is 1.01 bits per heavy atom. The van der Waals surface area contributed by atoms with Gasteiger partial charge in [0.05, 0.1) is 25.4 Å². The van der Waals surface area contributed by atoms with E-state index < -0.39 is 12.1 Å². The molecule has 70 heavy (non-hydrogen) atoms. The monoisotopic (exact) mass is 986 g/mol. The average molecular weight is 987 g/mol. The Morgan fingerprint density at radius 1 is 0.386 bits per heavy atom. The van der Waals surface area contributed by atoms with Gasteiger partial charge >= 0.3 is 5.97 Å². The number of unbranched alkanes of at least 4 members (excludes halogenated alkanes) is 44. The molecule has 3 N–H and O–H groups in total. The summed E-state index contributed by atoms with van der Waals surface area (Å²) in [6, 6.07) is -0.554. The summed E-state index contributed by atoms with van der Waals surface area (Å²) >= 11 is 0. The second-order valence-corrected chi connectivity index (χ2v) is 21.7. The first-order valence-electron chi connectivity index (χ1n) is 31.6. The molecular formula is C64H123NO5. The van der Waals surface area contributed by atoms with Crippen molar-refractivity contribution < 1.29 is 24.5 Å². The van der Waals surface area contributed by atoms with E-state index in [4.69, 9.17) is 4.74 Å². The van der Waals surface area contributed by atoms with E-state index >= 15 is 0 Å². The van der Waals surface area contributed by atoms with Crippen LogP contribution in [0.5, 0.6) is 0 Å². The molecule has 0 aromatic heterocycles. The standard InChI is InChI=1S/C64H123NO5/c1-3-5-7-9-11-13-15-17-19-21-22-23-24-25-26-28-32-36-40-44-48-52-56-62(67)61(60-66)65-63(68)57-53-49-45-41-37-33-29-27-31-35-39-43-47-51-55-59-70-64(69)58-54-50-46-42-38-34-30-20-18-16-14-12-10-8-6-4-2/h20,30-31,35,61-62,66-67H,3-19,21-29,32-34,36-60H2,1-2H3,(H,65,68)/b30-20-,35-31-. The molecule has 0 aromatic rings. The normalized spacial score (nSPS) is 12.7. The molecule has 6 nitrogen and oxygen atoms in total. The van der Waals surface area contributed by atoms with Crippen molar-refractivity contribution in [3.63, 3.8) is 0 Å². The Morgan fingerprint density at radius 2 is 0.671 bits per heavy atom.